The maximum Gasteiger partial charge on any atom is 0.416 e. The van der Waals surface area contributed by atoms with Gasteiger partial charge in [-0.15, -0.1) is 0 Å². The van der Waals surface area contributed by atoms with Gasteiger partial charge in [-0.05, 0) is 12.1 Å². The zero-order valence-electron chi connectivity index (χ0n) is 6.24. The highest BCUT2D eigenvalue weighted by molar-refractivity contribution is 6.45. The Labute approximate surface area is 73.7 Å². The normalized spacial score (nSPS) is 11.7. The van der Waals surface area contributed by atoms with Crippen molar-refractivity contribution in [2.75, 3.05) is 0 Å². The van der Waals surface area contributed by atoms with Gasteiger partial charge in [0.05, 0.1) is 5.56 Å². The van der Waals surface area contributed by atoms with Gasteiger partial charge in [0, 0.05) is 5.02 Å². The Morgan fingerprint density at radius 1 is 1.25 bits per heavy atom. The Bertz CT molecular complexity index is 295. The van der Waals surface area contributed by atoms with E-state index in [4.69, 9.17) is 11.6 Å². The molecular weight excluding hydrogens is 187 g/mol. The van der Waals surface area contributed by atoms with Gasteiger partial charge in [-0.1, -0.05) is 23.1 Å². The summed E-state index contributed by atoms with van der Waals surface area (Å²) in [7, 11) is 1.54. The van der Waals surface area contributed by atoms with Gasteiger partial charge in [-0.3, -0.25) is 0 Å². The fourth-order valence-corrected chi connectivity index (χ4v) is 0.939. The van der Waals surface area contributed by atoms with Gasteiger partial charge in [-0.25, -0.2) is 0 Å². The molecule has 1 aromatic rings. The molecule has 0 radical (unpaired) electrons. The Kier molecular flexibility index (Phi) is 2.37. The molecule has 0 aliphatic rings. The van der Waals surface area contributed by atoms with Crippen LogP contribution in [0.15, 0.2) is 18.2 Å². The molecule has 12 heavy (non-hydrogen) atoms. The Morgan fingerprint density at radius 3 is 2.25 bits per heavy atom. The summed E-state index contributed by atoms with van der Waals surface area (Å²) in [5.41, 5.74) is -0.226. The topological polar surface area (TPSA) is 0 Å². The van der Waals surface area contributed by atoms with E-state index in [1.165, 1.54) is 13.9 Å². The van der Waals surface area contributed by atoms with E-state index >= 15 is 0 Å². The summed E-state index contributed by atoms with van der Waals surface area (Å²) in [6.45, 7) is 0. The summed E-state index contributed by atoms with van der Waals surface area (Å²) >= 11 is 5.56. The zero-order chi connectivity index (χ0) is 9.35. The Morgan fingerprint density at radius 2 is 1.83 bits per heavy atom. The van der Waals surface area contributed by atoms with Gasteiger partial charge in [0.15, 0.2) is 0 Å². The third-order valence-corrected chi connectivity index (χ3v) is 1.91. The lowest BCUT2D eigenvalue weighted by atomic mass is 9.94. The second-order valence-electron chi connectivity index (χ2n) is 2.46. The zero-order valence-corrected chi connectivity index (χ0v) is 7.00. The summed E-state index contributed by atoms with van der Waals surface area (Å²) in [4.78, 5) is 0. The largest absolute Gasteiger partial charge is 0.416 e. The molecule has 0 saturated heterocycles. The minimum Gasteiger partial charge on any atom is -0.166 e. The van der Waals surface area contributed by atoms with E-state index in [0.29, 0.717) is 10.5 Å². The van der Waals surface area contributed by atoms with Crippen molar-refractivity contribution in [3.8, 4) is 0 Å². The van der Waals surface area contributed by atoms with Crippen LogP contribution in [-0.4, -0.2) is 7.85 Å². The maximum absolute atomic E-state index is 12.1. The number of hydrogen-bond donors (Lipinski definition) is 0. The van der Waals surface area contributed by atoms with Crippen LogP contribution in [0.3, 0.4) is 0 Å². The van der Waals surface area contributed by atoms with E-state index in [0.717, 1.165) is 12.1 Å². The standard InChI is InChI=1S/C7H5BClF3/c8-5-3-4(7(10,11)12)1-2-6(5)9/h1-3H,8H2. The summed E-state index contributed by atoms with van der Waals surface area (Å²) in [5, 5.41) is 0.350. The average molecular weight is 192 g/mol. The molecular formula is C7H5BClF3. The molecule has 0 fully saturated rings. The lowest BCUT2D eigenvalue weighted by molar-refractivity contribution is -0.137. The number of rotatable bonds is 0. The van der Waals surface area contributed by atoms with Gasteiger partial charge in [0.1, 0.15) is 7.85 Å². The van der Waals surface area contributed by atoms with Gasteiger partial charge in [-0.2, -0.15) is 13.2 Å². The number of alkyl halides is 3. The molecule has 0 saturated carbocycles. The summed E-state index contributed by atoms with van der Waals surface area (Å²) < 4.78 is 36.2. The Balaban J connectivity index is 3.14. The van der Waals surface area contributed by atoms with Crippen molar-refractivity contribution >= 4 is 24.9 Å². The van der Waals surface area contributed by atoms with Gasteiger partial charge in [0.25, 0.3) is 0 Å². The fourth-order valence-electron chi connectivity index (χ4n) is 0.821. The summed E-state index contributed by atoms with van der Waals surface area (Å²) in [5.74, 6) is 0. The van der Waals surface area contributed by atoms with Crippen molar-refractivity contribution in [3.05, 3.63) is 28.8 Å². The maximum atomic E-state index is 12.1. The molecule has 0 atom stereocenters. The minimum atomic E-state index is -4.28. The van der Waals surface area contributed by atoms with Crippen LogP contribution in [0.5, 0.6) is 0 Å². The third-order valence-electron chi connectivity index (χ3n) is 1.49. The fraction of sp³-hybridized carbons (Fsp3) is 0.143. The van der Waals surface area contributed by atoms with Gasteiger partial charge < -0.3 is 0 Å². The highest BCUT2D eigenvalue weighted by Crippen LogP contribution is 2.28. The summed E-state index contributed by atoms with van der Waals surface area (Å²) in [6, 6.07) is 3.25. The first kappa shape index (κ1) is 9.45. The highest BCUT2D eigenvalue weighted by Gasteiger charge is 2.30. The first-order chi connectivity index (χ1) is 5.41. The molecule has 0 amide bonds. The number of hydrogen-bond acceptors (Lipinski definition) is 0. The predicted octanol–water partition coefficient (Wildman–Crippen LogP) is 1.62. The van der Waals surface area contributed by atoms with E-state index < -0.39 is 11.7 Å². The molecule has 64 valence electrons. The quantitative estimate of drug-likeness (QED) is 0.548. The minimum absolute atomic E-state index is 0.350. The van der Waals surface area contributed by atoms with Crippen LogP contribution in [0.25, 0.3) is 0 Å². The molecule has 0 aliphatic carbocycles. The van der Waals surface area contributed by atoms with Crippen LogP contribution < -0.4 is 5.46 Å². The lowest BCUT2D eigenvalue weighted by Gasteiger charge is -2.07. The van der Waals surface area contributed by atoms with E-state index in [1.807, 2.05) is 0 Å². The molecule has 5 heteroatoms. The molecule has 0 N–H and O–H groups in total. The third kappa shape index (κ3) is 1.94. The second-order valence-corrected chi connectivity index (χ2v) is 2.87. The monoisotopic (exact) mass is 192 g/mol. The average Bonchev–Trinajstić information content (AvgIpc) is 1.92. The second kappa shape index (κ2) is 3.01. The molecule has 0 spiro atoms. The van der Waals surface area contributed by atoms with Crippen LogP contribution in [0.4, 0.5) is 13.2 Å². The van der Waals surface area contributed by atoms with Crippen LogP contribution in [0, 0.1) is 0 Å². The Hall–Kier alpha value is -0.635. The molecule has 0 nitrogen and oxygen atoms in total. The SMILES string of the molecule is Bc1cc(C(F)(F)F)ccc1Cl. The van der Waals surface area contributed by atoms with Gasteiger partial charge in [0.2, 0.25) is 0 Å². The van der Waals surface area contributed by atoms with Crippen LogP contribution in [-0.2, 0) is 6.18 Å². The van der Waals surface area contributed by atoms with Crippen molar-refractivity contribution in [1.82, 2.24) is 0 Å². The number of halogens is 4. The van der Waals surface area contributed by atoms with Crippen molar-refractivity contribution in [3.63, 3.8) is 0 Å². The van der Waals surface area contributed by atoms with Crippen molar-refractivity contribution in [1.29, 1.82) is 0 Å². The lowest BCUT2D eigenvalue weighted by Crippen LogP contribution is -2.11. The molecule has 1 rings (SSSR count). The molecule has 0 aliphatic heterocycles. The van der Waals surface area contributed by atoms with Crippen molar-refractivity contribution in [2.45, 2.75) is 6.18 Å². The first-order valence-corrected chi connectivity index (χ1v) is 3.62. The summed E-state index contributed by atoms with van der Waals surface area (Å²) in [6.07, 6.45) is -4.28. The molecule has 1 aromatic carbocycles. The van der Waals surface area contributed by atoms with Crippen LogP contribution >= 0.6 is 11.6 Å². The molecule has 0 bridgehead atoms. The first-order valence-electron chi connectivity index (χ1n) is 3.24. The number of benzene rings is 1. The highest BCUT2D eigenvalue weighted by atomic mass is 35.5. The smallest absolute Gasteiger partial charge is 0.166 e. The van der Waals surface area contributed by atoms with Crippen LogP contribution in [0.2, 0.25) is 5.02 Å². The molecule has 0 aromatic heterocycles. The van der Waals surface area contributed by atoms with E-state index in [9.17, 15) is 13.2 Å². The molecule has 0 heterocycles. The van der Waals surface area contributed by atoms with E-state index in [2.05, 4.69) is 0 Å². The van der Waals surface area contributed by atoms with Crippen LogP contribution in [0.1, 0.15) is 5.56 Å². The molecule has 0 unspecified atom stereocenters. The van der Waals surface area contributed by atoms with E-state index in [1.54, 1.807) is 0 Å². The van der Waals surface area contributed by atoms with Crippen molar-refractivity contribution < 1.29 is 13.2 Å². The predicted molar refractivity (Wildman–Crippen MR) is 44.6 cm³/mol. The van der Waals surface area contributed by atoms with Gasteiger partial charge >= 0.3 is 6.18 Å². The van der Waals surface area contributed by atoms with E-state index in [-0.39, 0.29) is 0 Å². The van der Waals surface area contributed by atoms with Crippen molar-refractivity contribution in [2.24, 2.45) is 0 Å².